The molecule has 0 atom stereocenters. The summed E-state index contributed by atoms with van der Waals surface area (Å²) in [6.45, 7) is 6.00. The van der Waals surface area contributed by atoms with E-state index in [4.69, 9.17) is 17.0 Å². The third kappa shape index (κ3) is 3.69. The van der Waals surface area contributed by atoms with E-state index >= 15 is 0 Å². The van der Waals surface area contributed by atoms with E-state index in [0.29, 0.717) is 12.2 Å². The van der Waals surface area contributed by atoms with E-state index in [1.165, 1.54) is 16.8 Å². The molecule has 2 amide bonds. The number of thiocarbonyl (C=S) groups is 1. The van der Waals surface area contributed by atoms with Crippen LogP contribution in [0.3, 0.4) is 0 Å². The second kappa shape index (κ2) is 8.63. The van der Waals surface area contributed by atoms with Crippen LogP contribution in [-0.4, -0.2) is 46.0 Å². The van der Waals surface area contributed by atoms with Crippen molar-refractivity contribution < 1.29 is 19.1 Å². The predicted octanol–water partition coefficient (Wildman–Crippen LogP) is 3.47. The molecule has 9 heteroatoms. The molecule has 168 valence electrons. The van der Waals surface area contributed by atoms with Gasteiger partial charge in [-0.05, 0) is 81.9 Å². The maximum absolute atomic E-state index is 12.9. The van der Waals surface area contributed by atoms with Crippen LogP contribution >= 0.6 is 23.6 Å². The molecule has 0 radical (unpaired) electrons. The molecule has 3 heterocycles. The number of amides is 2. The Morgan fingerprint density at radius 3 is 2.72 bits per heavy atom. The number of hydrogen-bond donors (Lipinski definition) is 1. The Labute approximate surface area is 196 Å². The zero-order valence-corrected chi connectivity index (χ0v) is 20.2. The fourth-order valence-corrected chi connectivity index (χ4v) is 5.93. The number of likely N-dealkylation sites (N-methyl/N-ethyl adjacent to an activating group) is 1. The molecule has 2 aromatic heterocycles. The van der Waals surface area contributed by atoms with Crippen molar-refractivity contribution in [2.75, 3.05) is 13.7 Å². The third-order valence-corrected chi connectivity index (χ3v) is 7.56. The number of ether oxygens (including phenoxy) is 1. The molecule has 1 N–H and O–H groups in total. The Balaban J connectivity index is 1.84. The Bertz CT molecular complexity index is 1190. The summed E-state index contributed by atoms with van der Waals surface area (Å²) in [7, 11) is 1.53. The first-order chi connectivity index (χ1) is 15.2. The molecule has 1 aliphatic heterocycles. The molecule has 0 bridgehead atoms. The van der Waals surface area contributed by atoms with Crippen molar-refractivity contribution in [2.24, 2.45) is 0 Å². The molecule has 4 rings (SSSR count). The van der Waals surface area contributed by atoms with Gasteiger partial charge in [-0.25, -0.2) is 4.79 Å². The van der Waals surface area contributed by atoms with Gasteiger partial charge in [0.15, 0.2) is 5.11 Å². The summed E-state index contributed by atoms with van der Waals surface area (Å²) in [4.78, 5) is 40.4. The number of esters is 1. The van der Waals surface area contributed by atoms with E-state index in [1.54, 1.807) is 17.4 Å². The van der Waals surface area contributed by atoms with Crippen LogP contribution in [-0.2, 0) is 27.2 Å². The second-order valence-electron chi connectivity index (χ2n) is 7.95. The first-order valence-corrected chi connectivity index (χ1v) is 11.8. The summed E-state index contributed by atoms with van der Waals surface area (Å²) in [5, 5.41) is 3.47. The van der Waals surface area contributed by atoms with Crippen LogP contribution in [0.4, 0.5) is 0 Å². The van der Waals surface area contributed by atoms with Crippen molar-refractivity contribution in [3.63, 3.8) is 0 Å². The number of nitrogens with one attached hydrogen (secondary N) is 1. The van der Waals surface area contributed by atoms with Gasteiger partial charge in [0.05, 0.1) is 12.2 Å². The largest absolute Gasteiger partial charge is 0.462 e. The Hall–Kier alpha value is -2.78. The maximum Gasteiger partial charge on any atom is 0.341 e. The molecule has 1 aliphatic carbocycles. The molecular weight excluding hydrogens is 446 g/mol. The average Bonchev–Trinajstić information content (AvgIpc) is 3.26. The van der Waals surface area contributed by atoms with E-state index in [2.05, 4.69) is 5.32 Å². The molecule has 2 aromatic rings. The molecule has 0 spiro atoms. The van der Waals surface area contributed by atoms with Crippen molar-refractivity contribution in [1.29, 1.82) is 0 Å². The third-order valence-electron chi connectivity index (χ3n) is 5.91. The van der Waals surface area contributed by atoms with Gasteiger partial charge < -0.3 is 9.30 Å². The van der Waals surface area contributed by atoms with Crippen molar-refractivity contribution in [1.82, 2.24) is 14.8 Å². The lowest BCUT2D eigenvalue weighted by Crippen LogP contribution is -2.52. The van der Waals surface area contributed by atoms with Crippen LogP contribution in [0.1, 0.15) is 57.5 Å². The highest BCUT2D eigenvalue weighted by Gasteiger charge is 2.32. The number of hydrogen-bond acceptors (Lipinski definition) is 6. The van der Waals surface area contributed by atoms with Crippen molar-refractivity contribution >= 4 is 52.5 Å². The van der Waals surface area contributed by atoms with E-state index in [1.807, 2.05) is 31.4 Å². The van der Waals surface area contributed by atoms with Gasteiger partial charge in [0.2, 0.25) is 0 Å². The minimum absolute atomic E-state index is 0.0254. The molecule has 0 unspecified atom stereocenters. The number of rotatable bonds is 4. The van der Waals surface area contributed by atoms with Crippen LogP contribution in [0.15, 0.2) is 11.6 Å². The first-order valence-electron chi connectivity index (χ1n) is 10.6. The van der Waals surface area contributed by atoms with Crippen molar-refractivity contribution in [3.8, 4) is 5.00 Å². The van der Waals surface area contributed by atoms with E-state index in [-0.39, 0.29) is 16.7 Å². The molecule has 1 saturated heterocycles. The highest BCUT2D eigenvalue weighted by atomic mass is 32.1. The normalized spacial score (nSPS) is 17.6. The summed E-state index contributed by atoms with van der Waals surface area (Å²) in [5.74, 6) is -1.25. The van der Waals surface area contributed by atoms with Gasteiger partial charge in [0, 0.05) is 23.3 Å². The van der Waals surface area contributed by atoms with Gasteiger partial charge in [-0.15, -0.1) is 11.3 Å². The number of carbonyl (C=O) groups is 3. The van der Waals surface area contributed by atoms with Gasteiger partial charge in [-0.1, -0.05) is 0 Å². The van der Waals surface area contributed by atoms with Gasteiger partial charge in [-0.3, -0.25) is 19.8 Å². The van der Waals surface area contributed by atoms with Gasteiger partial charge in [-0.2, -0.15) is 0 Å². The molecule has 1 fully saturated rings. The maximum atomic E-state index is 12.9. The summed E-state index contributed by atoms with van der Waals surface area (Å²) >= 11 is 6.65. The minimum Gasteiger partial charge on any atom is -0.462 e. The van der Waals surface area contributed by atoms with Crippen LogP contribution in [0.2, 0.25) is 0 Å². The summed E-state index contributed by atoms with van der Waals surface area (Å²) < 4.78 is 7.43. The fourth-order valence-electron chi connectivity index (χ4n) is 4.27. The number of thiophene rings is 1. The average molecular weight is 472 g/mol. The predicted molar refractivity (Wildman–Crippen MR) is 127 cm³/mol. The molecular formula is C23H25N3O4S2. The highest BCUT2D eigenvalue weighted by molar-refractivity contribution is 7.80. The standard InChI is InChI=1S/C23H25N3O4S2/c1-5-30-22(29)18-15-8-6-7-9-17(15)32-21(18)26-12(2)10-14(13(26)3)11-16-19(27)24-23(31)25(4)20(16)28/h10-11H,5-9H2,1-4H3,(H,24,27,31). The summed E-state index contributed by atoms with van der Waals surface area (Å²) in [6, 6.07) is 1.92. The van der Waals surface area contributed by atoms with Crippen LogP contribution in [0.5, 0.6) is 0 Å². The smallest absolute Gasteiger partial charge is 0.341 e. The van der Waals surface area contributed by atoms with Crippen LogP contribution in [0, 0.1) is 13.8 Å². The van der Waals surface area contributed by atoms with Crippen molar-refractivity contribution in [2.45, 2.75) is 46.5 Å². The second-order valence-corrected chi connectivity index (χ2v) is 9.43. The number of aromatic nitrogens is 1. The Kier molecular flexibility index (Phi) is 6.05. The number of aryl methyl sites for hydroxylation is 2. The highest BCUT2D eigenvalue weighted by Crippen LogP contribution is 2.39. The van der Waals surface area contributed by atoms with E-state index in [9.17, 15) is 14.4 Å². The quantitative estimate of drug-likeness (QED) is 0.320. The van der Waals surface area contributed by atoms with Gasteiger partial charge in [0.1, 0.15) is 10.6 Å². The van der Waals surface area contributed by atoms with E-state index in [0.717, 1.165) is 53.2 Å². The van der Waals surface area contributed by atoms with Gasteiger partial charge in [0.25, 0.3) is 11.8 Å². The number of fused-ring (bicyclic) bond motifs is 1. The van der Waals surface area contributed by atoms with Crippen LogP contribution < -0.4 is 5.32 Å². The number of carbonyl (C=O) groups excluding carboxylic acids is 3. The lowest BCUT2D eigenvalue weighted by Gasteiger charge is -2.25. The molecule has 2 aliphatic rings. The molecule has 0 saturated carbocycles. The zero-order chi connectivity index (χ0) is 23.2. The monoisotopic (exact) mass is 471 g/mol. The fraction of sp³-hybridized carbons (Fsp3) is 0.391. The molecule has 32 heavy (non-hydrogen) atoms. The Morgan fingerprint density at radius 1 is 1.28 bits per heavy atom. The lowest BCUT2D eigenvalue weighted by molar-refractivity contribution is -0.128. The van der Waals surface area contributed by atoms with Crippen molar-refractivity contribution in [3.05, 3.63) is 44.6 Å². The van der Waals surface area contributed by atoms with E-state index < -0.39 is 11.8 Å². The Morgan fingerprint density at radius 2 is 2.00 bits per heavy atom. The lowest BCUT2D eigenvalue weighted by atomic mass is 9.95. The van der Waals surface area contributed by atoms with Crippen LogP contribution in [0.25, 0.3) is 11.1 Å². The minimum atomic E-state index is -0.512. The number of nitrogens with zero attached hydrogens (tertiary/aromatic N) is 2. The zero-order valence-electron chi connectivity index (χ0n) is 18.5. The SMILES string of the molecule is CCOC(=O)c1c(-n2c(C)cc(C=C3C(=O)NC(=S)N(C)C3=O)c2C)sc2c1CCCC2. The summed E-state index contributed by atoms with van der Waals surface area (Å²) in [6.07, 6.45) is 5.60. The molecule has 7 nitrogen and oxygen atoms in total. The molecule has 0 aromatic carbocycles. The van der Waals surface area contributed by atoms with Gasteiger partial charge >= 0.3 is 5.97 Å². The first kappa shape index (κ1) is 22.4. The summed E-state index contributed by atoms with van der Waals surface area (Å²) in [5.41, 5.74) is 4.26. The topological polar surface area (TPSA) is 80.6 Å².